The van der Waals surface area contributed by atoms with Crippen LogP contribution in [0.1, 0.15) is 37.7 Å². The van der Waals surface area contributed by atoms with Crippen molar-refractivity contribution in [2.75, 3.05) is 24.5 Å². The fourth-order valence-corrected chi connectivity index (χ4v) is 3.11. The molecule has 0 radical (unpaired) electrons. The number of benzene rings is 1. The highest BCUT2D eigenvalue weighted by Crippen LogP contribution is 2.32. The minimum Gasteiger partial charge on any atom is -0.371 e. The van der Waals surface area contributed by atoms with Crippen molar-refractivity contribution in [3.8, 4) is 0 Å². The Hall–Kier alpha value is -0.540. The van der Waals surface area contributed by atoms with Gasteiger partial charge in [0.25, 0.3) is 0 Å². The molecule has 0 aromatic heterocycles. The van der Waals surface area contributed by atoms with Gasteiger partial charge in [-0.2, -0.15) is 0 Å². The van der Waals surface area contributed by atoms with Gasteiger partial charge in [-0.1, -0.05) is 13.0 Å². The second-order valence-electron chi connectivity index (χ2n) is 4.88. The van der Waals surface area contributed by atoms with Gasteiger partial charge in [0, 0.05) is 17.6 Å². The first-order valence-corrected chi connectivity index (χ1v) is 7.26. The molecule has 1 heterocycles. The first-order chi connectivity index (χ1) is 8.22. The van der Waals surface area contributed by atoms with Gasteiger partial charge < -0.3 is 10.6 Å². The Balaban J connectivity index is 2.16. The first-order valence-electron chi connectivity index (χ1n) is 6.47. The van der Waals surface area contributed by atoms with E-state index >= 15 is 0 Å². The molecule has 2 N–H and O–H groups in total. The third-order valence-corrected chi connectivity index (χ3v) is 4.22. The van der Waals surface area contributed by atoms with Crippen LogP contribution in [0, 0.1) is 0 Å². The van der Waals surface area contributed by atoms with Crippen LogP contribution in [0.2, 0.25) is 0 Å². The number of nitrogens with zero attached hydrogens (tertiary/aromatic N) is 1. The van der Waals surface area contributed by atoms with Crippen LogP contribution in [0.3, 0.4) is 0 Å². The Morgan fingerprint density at radius 3 is 2.65 bits per heavy atom. The lowest BCUT2D eigenvalue weighted by Crippen LogP contribution is -2.18. The number of hydrogen-bond acceptors (Lipinski definition) is 2. The molecule has 2 rings (SSSR count). The number of nitrogens with two attached hydrogens (primary N) is 1. The van der Waals surface area contributed by atoms with E-state index in [4.69, 9.17) is 5.73 Å². The number of rotatable bonds is 4. The van der Waals surface area contributed by atoms with Gasteiger partial charge in [0.1, 0.15) is 0 Å². The van der Waals surface area contributed by atoms with Crippen molar-refractivity contribution in [2.45, 2.75) is 32.1 Å². The average molecular weight is 297 g/mol. The van der Waals surface area contributed by atoms with E-state index in [1.807, 2.05) is 0 Å². The molecule has 1 unspecified atom stereocenters. The average Bonchev–Trinajstić information content (AvgIpc) is 2.82. The summed E-state index contributed by atoms with van der Waals surface area (Å²) in [7, 11) is 0. The maximum absolute atomic E-state index is 5.61. The second-order valence-corrected chi connectivity index (χ2v) is 5.74. The summed E-state index contributed by atoms with van der Waals surface area (Å²) in [4.78, 5) is 2.46. The van der Waals surface area contributed by atoms with Crippen LogP contribution in [0.15, 0.2) is 22.7 Å². The summed E-state index contributed by atoms with van der Waals surface area (Å²) < 4.78 is 1.22. The lowest BCUT2D eigenvalue weighted by Gasteiger charge is -2.21. The zero-order valence-electron chi connectivity index (χ0n) is 10.5. The van der Waals surface area contributed by atoms with E-state index in [2.05, 4.69) is 46.0 Å². The van der Waals surface area contributed by atoms with Crippen LogP contribution in [0.5, 0.6) is 0 Å². The minimum atomic E-state index is 0.545. The number of hydrogen-bond donors (Lipinski definition) is 1. The molecule has 0 spiro atoms. The minimum absolute atomic E-state index is 0.545. The lowest BCUT2D eigenvalue weighted by atomic mass is 9.97. The van der Waals surface area contributed by atoms with Gasteiger partial charge in [0.15, 0.2) is 0 Å². The molecule has 17 heavy (non-hydrogen) atoms. The summed E-state index contributed by atoms with van der Waals surface area (Å²) in [5.41, 5.74) is 8.33. The molecule has 1 aliphatic heterocycles. The number of halogens is 1. The van der Waals surface area contributed by atoms with Crippen LogP contribution in [-0.4, -0.2) is 19.6 Å². The van der Waals surface area contributed by atoms with E-state index < -0.39 is 0 Å². The van der Waals surface area contributed by atoms with Gasteiger partial charge in [-0.05, 0) is 65.4 Å². The Morgan fingerprint density at radius 2 is 2.06 bits per heavy atom. The Labute approximate surface area is 112 Å². The van der Waals surface area contributed by atoms with Crippen LogP contribution in [-0.2, 0) is 0 Å². The maximum Gasteiger partial charge on any atom is 0.0510 e. The van der Waals surface area contributed by atoms with Crippen LogP contribution in [0.4, 0.5) is 5.69 Å². The van der Waals surface area contributed by atoms with Gasteiger partial charge in [-0.15, -0.1) is 0 Å². The van der Waals surface area contributed by atoms with Gasteiger partial charge in [0.05, 0.1) is 5.69 Å². The maximum atomic E-state index is 5.61. The van der Waals surface area contributed by atoms with Gasteiger partial charge in [-0.3, -0.25) is 0 Å². The predicted octanol–water partition coefficient (Wildman–Crippen LogP) is 3.50. The lowest BCUT2D eigenvalue weighted by molar-refractivity contribution is 0.689. The SMILES string of the molecule is CC(CCN)c1ccc(N2CCCC2)c(Br)c1. The van der Waals surface area contributed by atoms with Crippen molar-refractivity contribution in [2.24, 2.45) is 5.73 Å². The monoisotopic (exact) mass is 296 g/mol. The summed E-state index contributed by atoms with van der Waals surface area (Å²) >= 11 is 3.70. The first kappa shape index (κ1) is 12.9. The Kier molecular flexibility index (Phi) is 4.46. The van der Waals surface area contributed by atoms with Crippen LogP contribution in [0.25, 0.3) is 0 Å². The molecule has 1 aromatic rings. The second kappa shape index (κ2) is 5.87. The molecule has 3 heteroatoms. The molecule has 1 saturated heterocycles. The molecule has 0 saturated carbocycles. The quantitative estimate of drug-likeness (QED) is 0.921. The van der Waals surface area contributed by atoms with Crippen molar-refractivity contribution in [3.63, 3.8) is 0 Å². The van der Waals surface area contributed by atoms with E-state index in [0.29, 0.717) is 5.92 Å². The molecule has 2 nitrogen and oxygen atoms in total. The molecular formula is C14H21BrN2. The zero-order chi connectivity index (χ0) is 12.3. The van der Waals surface area contributed by atoms with E-state index in [1.54, 1.807) is 0 Å². The summed E-state index contributed by atoms with van der Waals surface area (Å²) in [6.45, 7) is 5.38. The molecule has 0 aliphatic carbocycles. The van der Waals surface area contributed by atoms with E-state index in [1.165, 1.54) is 41.7 Å². The van der Waals surface area contributed by atoms with Crippen molar-refractivity contribution >= 4 is 21.6 Å². The summed E-state index contributed by atoms with van der Waals surface area (Å²) in [6, 6.07) is 6.75. The van der Waals surface area contributed by atoms with E-state index in [9.17, 15) is 0 Å². The van der Waals surface area contributed by atoms with Crippen molar-refractivity contribution in [3.05, 3.63) is 28.2 Å². The van der Waals surface area contributed by atoms with Crippen LogP contribution < -0.4 is 10.6 Å². The van der Waals surface area contributed by atoms with E-state index in [0.717, 1.165) is 13.0 Å². The summed E-state index contributed by atoms with van der Waals surface area (Å²) in [6.07, 6.45) is 3.69. The van der Waals surface area contributed by atoms with Crippen molar-refractivity contribution in [1.29, 1.82) is 0 Å². The zero-order valence-corrected chi connectivity index (χ0v) is 12.0. The molecule has 1 aromatic carbocycles. The third-order valence-electron chi connectivity index (χ3n) is 3.59. The normalized spacial score (nSPS) is 17.5. The summed E-state index contributed by atoms with van der Waals surface area (Å²) in [5, 5.41) is 0. The highest BCUT2D eigenvalue weighted by atomic mass is 79.9. The smallest absolute Gasteiger partial charge is 0.0510 e. The summed E-state index contributed by atoms with van der Waals surface area (Å²) in [5.74, 6) is 0.545. The highest BCUT2D eigenvalue weighted by molar-refractivity contribution is 9.10. The highest BCUT2D eigenvalue weighted by Gasteiger charge is 2.15. The topological polar surface area (TPSA) is 29.3 Å². The molecular weight excluding hydrogens is 276 g/mol. The van der Waals surface area contributed by atoms with E-state index in [-0.39, 0.29) is 0 Å². The van der Waals surface area contributed by atoms with Crippen molar-refractivity contribution < 1.29 is 0 Å². The third kappa shape index (κ3) is 3.02. The fourth-order valence-electron chi connectivity index (χ4n) is 2.46. The molecule has 1 aliphatic rings. The molecule has 0 bridgehead atoms. The standard InChI is InChI=1S/C14H21BrN2/c1-11(6-7-16)12-4-5-14(13(15)10-12)17-8-2-3-9-17/h4-5,10-11H,2-3,6-9,16H2,1H3. The molecule has 94 valence electrons. The Morgan fingerprint density at radius 1 is 1.35 bits per heavy atom. The molecule has 1 fully saturated rings. The number of anilines is 1. The predicted molar refractivity (Wildman–Crippen MR) is 77.7 cm³/mol. The molecule has 1 atom stereocenters. The van der Waals surface area contributed by atoms with Crippen LogP contribution >= 0.6 is 15.9 Å². The van der Waals surface area contributed by atoms with Gasteiger partial charge >= 0.3 is 0 Å². The van der Waals surface area contributed by atoms with Crippen molar-refractivity contribution in [1.82, 2.24) is 0 Å². The van der Waals surface area contributed by atoms with Gasteiger partial charge in [0.2, 0.25) is 0 Å². The largest absolute Gasteiger partial charge is 0.371 e. The molecule has 0 amide bonds. The fraction of sp³-hybridized carbons (Fsp3) is 0.571. The Bertz CT molecular complexity index is 372. The van der Waals surface area contributed by atoms with Gasteiger partial charge in [-0.25, -0.2) is 0 Å².